The second kappa shape index (κ2) is 11.2. The van der Waals surface area contributed by atoms with E-state index < -0.39 is 0 Å². The zero-order chi connectivity index (χ0) is 23.0. The maximum absolute atomic E-state index is 10.9. The third-order valence-electron chi connectivity index (χ3n) is 5.56. The maximum atomic E-state index is 10.9. The molecule has 4 nitrogen and oxygen atoms in total. The van der Waals surface area contributed by atoms with Gasteiger partial charge >= 0.3 is 0 Å². The minimum Gasteiger partial charge on any atom is -0.507 e. The van der Waals surface area contributed by atoms with Gasteiger partial charge in [-0.15, -0.1) is 0 Å². The lowest BCUT2D eigenvalue weighted by molar-refractivity contribution is 0.0343. The highest BCUT2D eigenvalue weighted by atomic mass is 16.5. The first kappa shape index (κ1) is 23.1. The molecule has 0 atom stereocenters. The number of hydrogen-bond donors (Lipinski definition) is 1. The summed E-state index contributed by atoms with van der Waals surface area (Å²) in [6.45, 7) is 7.40. The van der Waals surface area contributed by atoms with E-state index in [1.165, 1.54) is 0 Å². The molecule has 4 heteroatoms. The Morgan fingerprint density at radius 1 is 0.667 bits per heavy atom. The van der Waals surface area contributed by atoms with Gasteiger partial charge in [0.1, 0.15) is 11.5 Å². The van der Waals surface area contributed by atoms with Crippen LogP contribution in [0.15, 0.2) is 72.8 Å². The lowest BCUT2D eigenvalue weighted by Gasteiger charge is -2.17. The summed E-state index contributed by atoms with van der Waals surface area (Å²) in [6, 6.07) is 24.1. The Labute approximate surface area is 195 Å². The van der Waals surface area contributed by atoms with E-state index in [-0.39, 0.29) is 5.75 Å². The Bertz CT molecular complexity index is 1200. The smallest absolute Gasteiger partial charge is 0.127 e. The fourth-order valence-corrected chi connectivity index (χ4v) is 4.03. The van der Waals surface area contributed by atoms with E-state index in [4.69, 9.17) is 14.2 Å². The van der Waals surface area contributed by atoms with E-state index in [2.05, 4.69) is 38.1 Å². The molecular formula is C29H32O4. The molecule has 172 valence electrons. The molecule has 0 unspecified atom stereocenters. The Kier molecular flexibility index (Phi) is 7.82. The molecule has 0 spiro atoms. The molecule has 4 rings (SSSR count). The number of fused-ring (bicyclic) bond motifs is 2. The quantitative estimate of drug-likeness (QED) is 0.258. The number of aromatic hydroxyl groups is 1. The first-order valence-corrected chi connectivity index (χ1v) is 11.7. The van der Waals surface area contributed by atoms with Crippen LogP contribution in [0.2, 0.25) is 0 Å². The van der Waals surface area contributed by atoms with Crippen LogP contribution in [0.3, 0.4) is 0 Å². The van der Waals surface area contributed by atoms with Crippen LogP contribution in [0, 0.1) is 5.92 Å². The minimum absolute atomic E-state index is 0.250. The van der Waals surface area contributed by atoms with E-state index in [0.29, 0.717) is 32.3 Å². The molecule has 0 radical (unpaired) electrons. The van der Waals surface area contributed by atoms with Gasteiger partial charge in [-0.3, -0.25) is 0 Å². The topological polar surface area (TPSA) is 47.9 Å². The molecule has 33 heavy (non-hydrogen) atoms. The third kappa shape index (κ3) is 5.65. The van der Waals surface area contributed by atoms with E-state index in [0.717, 1.165) is 51.4 Å². The number of ether oxygens (including phenoxy) is 3. The Morgan fingerprint density at radius 2 is 1.30 bits per heavy atom. The van der Waals surface area contributed by atoms with Crippen LogP contribution in [-0.4, -0.2) is 38.1 Å². The molecule has 0 bridgehead atoms. The van der Waals surface area contributed by atoms with Crippen molar-refractivity contribution in [2.75, 3.05) is 33.0 Å². The summed E-state index contributed by atoms with van der Waals surface area (Å²) in [4.78, 5) is 0. The second-order valence-corrected chi connectivity index (χ2v) is 8.62. The van der Waals surface area contributed by atoms with Crippen molar-refractivity contribution in [2.24, 2.45) is 5.92 Å². The van der Waals surface area contributed by atoms with Gasteiger partial charge in [-0.05, 0) is 39.6 Å². The van der Waals surface area contributed by atoms with Crippen LogP contribution in [0.1, 0.15) is 20.3 Å². The highest BCUT2D eigenvalue weighted by Crippen LogP contribution is 2.44. The highest BCUT2D eigenvalue weighted by molar-refractivity contribution is 6.09. The highest BCUT2D eigenvalue weighted by Gasteiger charge is 2.17. The fourth-order valence-electron chi connectivity index (χ4n) is 4.03. The van der Waals surface area contributed by atoms with E-state index in [1.807, 2.05) is 42.5 Å². The predicted octanol–water partition coefficient (Wildman–Crippen LogP) is 6.82. The Balaban J connectivity index is 1.53. The van der Waals surface area contributed by atoms with Crippen molar-refractivity contribution in [3.63, 3.8) is 0 Å². The first-order chi connectivity index (χ1) is 16.1. The van der Waals surface area contributed by atoms with Gasteiger partial charge in [0.05, 0.1) is 19.8 Å². The molecule has 0 saturated heterocycles. The van der Waals surface area contributed by atoms with Crippen LogP contribution in [0.5, 0.6) is 11.5 Å². The van der Waals surface area contributed by atoms with E-state index >= 15 is 0 Å². The SMILES string of the molecule is CC(C)COCCOCCCOc1ccc2ccccc2c1-c1c(O)ccc2ccccc12. The standard InChI is InChI=1S/C29H32O4/c1-21(2)20-32-19-18-31-16-7-17-33-27-15-13-23-9-4-6-11-25(23)29(27)28-24-10-5-3-8-22(24)12-14-26(28)30/h3-6,8-15,21,30H,7,16-20H2,1-2H3. The predicted molar refractivity (Wildman–Crippen MR) is 135 cm³/mol. The van der Waals surface area contributed by atoms with Crippen molar-refractivity contribution >= 4 is 21.5 Å². The number of phenols is 1. The summed E-state index contributed by atoms with van der Waals surface area (Å²) in [5.41, 5.74) is 1.73. The van der Waals surface area contributed by atoms with Crippen LogP contribution >= 0.6 is 0 Å². The van der Waals surface area contributed by atoms with Crippen LogP contribution in [0.4, 0.5) is 0 Å². The minimum atomic E-state index is 0.250. The largest absolute Gasteiger partial charge is 0.507 e. The van der Waals surface area contributed by atoms with Gasteiger partial charge in [-0.25, -0.2) is 0 Å². The van der Waals surface area contributed by atoms with Crippen molar-refractivity contribution in [2.45, 2.75) is 20.3 Å². The molecule has 0 fully saturated rings. The normalized spacial score (nSPS) is 11.5. The van der Waals surface area contributed by atoms with E-state index in [9.17, 15) is 5.11 Å². The van der Waals surface area contributed by atoms with Crippen LogP contribution < -0.4 is 4.74 Å². The zero-order valence-corrected chi connectivity index (χ0v) is 19.4. The molecule has 0 saturated carbocycles. The molecule has 4 aromatic carbocycles. The first-order valence-electron chi connectivity index (χ1n) is 11.7. The number of hydrogen-bond acceptors (Lipinski definition) is 4. The molecule has 0 heterocycles. The number of benzene rings is 4. The Hall–Kier alpha value is -3.08. The van der Waals surface area contributed by atoms with Gasteiger partial charge in [0.25, 0.3) is 0 Å². The molecule has 0 aliphatic heterocycles. The van der Waals surface area contributed by atoms with Crippen molar-refractivity contribution in [1.29, 1.82) is 0 Å². The van der Waals surface area contributed by atoms with E-state index in [1.54, 1.807) is 6.07 Å². The van der Waals surface area contributed by atoms with Gasteiger partial charge < -0.3 is 19.3 Å². The van der Waals surface area contributed by atoms with Crippen molar-refractivity contribution in [3.05, 3.63) is 72.8 Å². The number of rotatable bonds is 11. The average Bonchev–Trinajstić information content (AvgIpc) is 2.83. The monoisotopic (exact) mass is 444 g/mol. The van der Waals surface area contributed by atoms with Crippen LogP contribution in [-0.2, 0) is 9.47 Å². The summed E-state index contributed by atoms with van der Waals surface area (Å²) < 4.78 is 17.5. The fraction of sp³-hybridized carbons (Fsp3) is 0.310. The molecule has 0 amide bonds. The third-order valence-corrected chi connectivity index (χ3v) is 5.56. The van der Waals surface area contributed by atoms with Crippen molar-refractivity contribution in [1.82, 2.24) is 0 Å². The van der Waals surface area contributed by atoms with Gasteiger partial charge in [0.2, 0.25) is 0 Å². The zero-order valence-electron chi connectivity index (χ0n) is 19.4. The van der Waals surface area contributed by atoms with Gasteiger partial charge in [0.15, 0.2) is 0 Å². The molecule has 4 aromatic rings. The van der Waals surface area contributed by atoms with Crippen molar-refractivity contribution in [3.8, 4) is 22.6 Å². The molecule has 0 aromatic heterocycles. The van der Waals surface area contributed by atoms with Gasteiger partial charge in [-0.1, -0.05) is 74.5 Å². The maximum Gasteiger partial charge on any atom is 0.127 e. The summed E-state index contributed by atoms with van der Waals surface area (Å²) in [6.07, 6.45) is 0.776. The summed E-state index contributed by atoms with van der Waals surface area (Å²) in [7, 11) is 0. The molecular weight excluding hydrogens is 412 g/mol. The Morgan fingerprint density at radius 3 is 2.03 bits per heavy atom. The summed E-state index contributed by atoms with van der Waals surface area (Å²) >= 11 is 0. The number of phenolic OH excluding ortho intramolecular Hbond substituents is 1. The van der Waals surface area contributed by atoms with Crippen molar-refractivity contribution < 1.29 is 19.3 Å². The molecule has 1 N–H and O–H groups in total. The average molecular weight is 445 g/mol. The van der Waals surface area contributed by atoms with Gasteiger partial charge in [0, 0.05) is 30.8 Å². The lowest BCUT2D eigenvalue weighted by Crippen LogP contribution is -2.10. The lowest BCUT2D eigenvalue weighted by atomic mass is 9.92. The molecule has 0 aliphatic carbocycles. The molecule has 0 aliphatic rings. The second-order valence-electron chi connectivity index (χ2n) is 8.62. The van der Waals surface area contributed by atoms with Crippen LogP contribution in [0.25, 0.3) is 32.7 Å². The summed E-state index contributed by atoms with van der Waals surface area (Å²) in [5, 5.41) is 15.2. The van der Waals surface area contributed by atoms with Gasteiger partial charge in [-0.2, -0.15) is 0 Å². The summed E-state index contributed by atoms with van der Waals surface area (Å²) in [5.74, 6) is 1.55.